The highest BCUT2D eigenvalue weighted by Crippen LogP contribution is 2.17. The first kappa shape index (κ1) is 18.6. The van der Waals surface area contributed by atoms with Gasteiger partial charge in [-0.2, -0.15) is 0 Å². The third-order valence-corrected chi connectivity index (χ3v) is 4.24. The van der Waals surface area contributed by atoms with Crippen LogP contribution in [-0.2, 0) is 6.54 Å². The molecule has 0 spiro atoms. The van der Waals surface area contributed by atoms with Crippen molar-refractivity contribution in [1.29, 1.82) is 0 Å². The highest BCUT2D eigenvalue weighted by atomic mass is 16.2. The molecular weight excluding hydrogens is 336 g/mol. The van der Waals surface area contributed by atoms with E-state index in [0.717, 1.165) is 5.69 Å². The number of aromatic nitrogens is 2. The molecule has 0 aliphatic carbocycles. The number of hydrogen-bond donors (Lipinski definition) is 1. The van der Waals surface area contributed by atoms with Crippen molar-refractivity contribution in [2.24, 2.45) is 0 Å². The van der Waals surface area contributed by atoms with Crippen molar-refractivity contribution < 1.29 is 4.79 Å². The molecule has 1 amide bonds. The minimum Gasteiger partial charge on any atom is -0.366 e. The number of para-hydroxylation sites is 1. The Morgan fingerprint density at radius 2 is 1.78 bits per heavy atom. The predicted molar refractivity (Wildman–Crippen MR) is 109 cm³/mol. The third kappa shape index (κ3) is 4.70. The second-order valence-electron chi connectivity index (χ2n) is 6.41. The van der Waals surface area contributed by atoms with Crippen LogP contribution < -0.4 is 10.2 Å². The van der Waals surface area contributed by atoms with Gasteiger partial charge in [0.2, 0.25) is 0 Å². The molecule has 0 saturated heterocycles. The van der Waals surface area contributed by atoms with Gasteiger partial charge in [0.15, 0.2) is 0 Å². The van der Waals surface area contributed by atoms with Gasteiger partial charge in [0.1, 0.15) is 17.3 Å². The lowest BCUT2D eigenvalue weighted by Gasteiger charge is -2.21. The molecule has 1 N–H and O–H groups in total. The van der Waals surface area contributed by atoms with Gasteiger partial charge in [-0.15, -0.1) is 0 Å². The van der Waals surface area contributed by atoms with Gasteiger partial charge in [-0.3, -0.25) is 4.79 Å². The SMILES string of the molecule is CCN(C(=O)c1cc(NCc2cccc(C)c2)nc(C)n1)c1ccccc1. The fraction of sp³-hybridized carbons (Fsp3) is 0.227. The van der Waals surface area contributed by atoms with Gasteiger partial charge >= 0.3 is 0 Å². The number of hydrogen-bond acceptors (Lipinski definition) is 4. The van der Waals surface area contributed by atoms with Crippen molar-refractivity contribution >= 4 is 17.4 Å². The van der Waals surface area contributed by atoms with E-state index in [1.165, 1.54) is 11.1 Å². The van der Waals surface area contributed by atoms with Crippen LogP contribution in [-0.4, -0.2) is 22.4 Å². The van der Waals surface area contributed by atoms with Gasteiger partial charge in [0, 0.05) is 24.8 Å². The lowest BCUT2D eigenvalue weighted by Crippen LogP contribution is -2.31. The van der Waals surface area contributed by atoms with Gasteiger partial charge in [-0.25, -0.2) is 9.97 Å². The number of rotatable bonds is 6. The average molecular weight is 360 g/mol. The van der Waals surface area contributed by atoms with E-state index in [2.05, 4.69) is 40.4 Å². The lowest BCUT2D eigenvalue weighted by molar-refractivity contribution is 0.0983. The number of nitrogens with zero attached hydrogens (tertiary/aromatic N) is 3. The fourth-order valence-corrected chi connectivity index (χ4v) is 2.97. The highest BCUT2D eigenvalue weighted by Gasteiger charge is 2.18. The Morgan fingerprint density at radius 1 is 1.00 bits per heavy atom. The Morgan fingerprint density at radius 3 is 2.48 bits per heavy atom. The van der Waals surface area contributed by atoms with Crippen LogP contribution in [0, 0.1) is 13.8 Å². The van der Waals surface area contributed by atoms with Crippen LogP contribution >= 0.6 is 0 Å². The minimum absolute atomic E-state index is 0.132. The second kappa shape index (κ2) is 8.45. The van der Waals surface area contributed by atoms with Gasteiger partial charge in [0.05, 0.1) is 0 Å². The molecular formula is C22H24N4O. The van der Waals surface area contributed by atoms with E-state index in [-0.39, 0.29) is 5.91 Å². The number of anilines is 2. The largest absolute Gasteiger partial charge is 0.366 e. The maximum absolute atomic E-state index is 13.0. The van der Waals surface area contributed by atoms with Crippen molar-refractivity contribution in [3.05, 3.63) is 83.3 Å². The van der Waals surface area contributed by atoms with Crippen molar-refractivity contribution in [1.82, 2.24) is 9.97 Å². The van der Waals surface area contributed by atoms with E-state index < -0.39 is 0 Å². The zero-order valence-electron chi connectivity index (χ0n) is 15.9. The van der Waals surface area contributed by atoms with E-state index in [4.69, 9.17) is 0 Å². The molecule has 3 aromatic rings. The summed E-state index contributed by atoms with van der Waals surface area (Å²) in [5.41, 5.74) is 3.62. The maximum atomic E-state index is 13.0. The molecule has 27 heavy (non-hydrogen) atoms. The van der Waals surface area contributed by atoms with Crippen LogP contribution in [0.1, 0.15) is 34.4 Å². The van der Waals surface area contributed by atoms with Crippen molar-refractivity contribution in [3.8, 4) is 0 Å². The van der Waals surface area contributed by atoms with Crippen molar-refractivity contribution in [3.63, 3.8) is 0 Å². The molecule has 0 saturated carbocycles. The third-order valence-electron chi connectivity index (χ3n) is 4.24. The molecule has 3 rings (SSSR count). The first-order chi connectivity index (χ1) is 13.1. The predicted octanol–water partition coefficient (Wildman–Crippen LogP) is 4.37. The van der Waals surface area contributed by atoms with Crippen LogP contribution in [0.5, 0.6) is 0 Å². The molecule has 138 valence electrons. The van der Waals surface area contributed by atoms with Crippen LogP contribution in [0.3, 0.4) is 0 Å². The number of benzene rings is 2. The van der Waals surface area contributed by atoms with E-state index in [9.17, 15) is 4.79 Å². The molecule has 0 radical (unpaired) electrons. The molecule has 0 fully saturated rings. The molecule has 0 bridgehead atoms. The molecule has 5 heteroatoms. The first-order valence-corrected chi connectivity index (χ1v) is 9.09. The monoisotopic (exact) mass is 360 g/mol. The molecule has 0 aliphatic rings. The summed E-state index contributed by atoms with van der Waals surface area (Å²) in [5, 5.41) is 3.30. The molecule has 2 aromatic carbocycles. The highest BCUT2D eigenvalue weighted by molar-refractivity contribution is 6.05. The number of nitrogens with one attached hydrogen (secondary N) is 1. The summed E-state index contributed by atoms with van der Waals surface area (Å²) in [5.74, 6) is 1.08. The molecule has 1 heterocycles. The van der Waals surface area contributed by atoms with E-state index in [0.29, 0.717) is 30.4 Å². The number of amides is 1. The Hall–Kier alpha value is -3.21. The fourth-order valence-electron chi connectivity index (χ4n) is 2.97. The summed E-state index contributed by atoms with van der Waals surface area (Å²) in [7, 11) is 0. The summed E-state index contributed by atoms with van der Waals surface area (Å²) in [6.07, 6.45) is 0. The normalized spacial score (nSPS) is 10.5. The molecule has 5 nitrogen and oxygen atoms in total. The zero-order chi connectivity index (χ0) is 19.2. The summed E-state index contributed by atoms with van der Waals surface area (Å²) < 4.78 is 0. The Bertz CT molecular complexity index is 925. The average Bonchev–Trinajstić information content (AvgIpc) is 2.67. The first-order valence-electron chi connectivity index (χ1n) is 9.09. The Labute approximate surface area is 160 Å². The Balaban J connectivity index is 1.80. The van der Waals surface area contributed by atoms with E-state index >= 15 is 0 Å². The number of carbonyl (C=O) groups excluding carboxylic acids is 1. The summed E-state index contributed by atoms with van der Waals surface area (Å²) in [6, 6.07) is 19.6. The summed E-state index contributed by atoms with van der Waals surface area (Å²) in [6.45, 7) is 7.03. The van der Waals surface area contributed by atoms with Gasteiger partial charge in [-0.1, -0.05) is 48.0 Å². The molecule has 1 aromatic heterocycles. The number of aryl methyl sites for hydroxylation is 2. The number of carbonyl (C=O) groups is 1. The van der Waals surface area contributed by atoms with E-state index in [1.807, 2.05) is 43.3 Å². The lowest BCUT2D eigenvalue weighted by atomic mass is 10.1. The molecule has 0 atom stereocenters. The van der Waals surface area contributed by atoms with Crippen LogP contribution in [0.25, 0.3) is 0 Å². The standard InChI is InChI=1S/C22H24N4O/c1-4-26(19-11-6-5-7-12-19)22(27)20-14-21(25-17(3)24-20)23-15-18-10-8-9-16(2)13-18/h5-14H,4,15H2,1-3H3,(H,23,24,25). The van der Waals surface area contributed by atoms with Crippen LogP contribution in [0.15, 0.2) is 60.7 Å². The Kier molecular flexibility index (Phi) is 5.81. The van der Waals surface area contributed by atoms with Crippen LogP contribution in [0.4, 0.5) is 11.5 Å². The summed E-state index contributed by atoms with van der Waals surface area (Å²) in [4.78, 5) is 23.5. The van der Waals surface area contributed by atoms with E-state index in [1.54, 1.807) is 17.9 Å². The maximum Gasteiger partial charge on any atom is 0.277 e. The summed E-state index contributed by atoms with van der Waals surface area (Å²) >= 11 is 0. The van der Waals surface area contributed by atoms with Crippen molar-refractivity contribution in [2.75, 3.05) is 16.8 Å². The van der Waals surface area contributed by atoms with Crippen LogP contribution in [0.2, 0.25) is 0 Å². The second-order valence-corrected chi connectivity index (χ2v) is 6.41. The van der Waals surface area contributed by atoms with Gasteiger partial charge < -0.3 is 10.2 Å². The van der Waals surface area contributed by atoms with Gasteiger partial charge in [-0.05, 0) is 38.5 Å². The molecule has 0 unspecified atom stereocenters. The quantitative estimate of drug-likeness (QED) is 0.709. The zero-order valence-corrected chi connectivity index (χ0v) is 15.9. The van der Waals surface area contributed by atoms with Gasteiger partial charge in [0.25, 0.3) is 5.91 Å². The smallest absolute Gasteiger partial charge is 0.277 e. The molecule has 0 aliphatic heterocycles. The van der Waals surface area contributed by atoms with Crippen molar-refractivity contribution in [2.45, 2.75) is 27.3 Å². The topological polar surface area (TPSA) is 58.1 Å². The minimum atomic E-state index is -0.132.